The molecule has 1 saturated carbocycles. The number of nitrogens with zero attached hydrogens (tertiary/aromatic N) is 1. The summed E-state index contributed by atoms with van der Waals surface area (Å²) in [6.45, 7) is 3.15. The van der Waals surface area contributed by atoms with Gasteiger partial charge in [-0.05, 0) is 37.2 Å². The van der Waals surface area contributed by atoms with Crippen molar-refractivity contribution in [1.29, 1.82) is 0 Å². The van der Waals surface area contributed by atoms with E-state index in [0.29, 0.717) is 13.0 Å². The molecule has 4 rings (SSSR count). The molecule has 1 spiro atoms. The molecule has 0 aromatic heterocycles. The van der Waals surface area contributed by atoms with Crippen LogP contribution < -0.4 is 0 Å². The Morgan fingerprint density at radius 1 is 1.29 bits per heavy atom. The molecule has 0 bridgehead atoms. The van der Waals surface area contributed by atoms with E-state index in [-0.39, 0.29) is 17.6 Å². The van der Waals surface area contributed by atoms with Crippen LogP contribution in [0.5, 0.6) is 0 Å². The summed E-state index contributed by atoms with van der Waals surface area (Å²) in [4.78, 5) is 14.5. The molecule has 2 aliphatic heterocycles. The number of aryl methyl sites for hydroxylation is 1. The van der Waals surface area contributed by atoms with E-state index in [1.54, 1.807) is 0 Å². The maximum atomic E-state index is 12.5. The zero-order valence-corrected chi connectivity index (χ0v) is 14.3. The minimum atomic E-state index is -0.142. The van der Waals surface area contributed by atoms with Crippen molar-refractivity contribution in [2.24, 2.45) is 5.92 Å². The molecule has 0 N–H and O–H groups in total. The summed E-state index contributed by atoms with van der Waals surface area (Å²) in [7, 11) is 0. The third kappa shape index (κ3) is 3.81. The zero-order chi connectivity index (χ0) is 16.4. The van der Waals surface area contributed by atoms with Crippen LogP contribution in [0.3, 0.4) is 0 Å². The second kappa shape index (κ2) is 6.85. The minimum Gasteiger partial charge on any atom is -0.375 e. The lowest BCUT2D eigenvalue weighted by Gasteiger charge is -2.23. The van der Waals surface area contributed by atoms with Gasteiger partial charge in [0.15, 0.2) is 0 Å². The van der Waals surface area contributed by atoms with Gasteiger partial charge < -0.3 is 14.4 Å². The highest BCUT2D eigenvalue weighted by molar-refractivity contribution is 5.77. The SMILES string of the molecule is O=C(CCc1ccccc1)N1CC[C@]2(C[C@H](OCC3CC3)CO2)C1. The lowest BCUT2D eigenvalue weighted by atomic mass is 9.98. The van der Waals surface area contributed by atoms with Gasteiger partial charge >= 0.3 is 0 Å². The highest BCUT2D eigenvalue weighted by Gasteiger charge is 2.47. The number of amides is 1. The first-order valence-corrected chi connectivity index (χ1v) is 9.30. The van der Waals surface area contributed by atoms with Crippen molar-refractivity contribution in [3.05, 3.63) is 35.9 Å². The van der Waals surface area contributed by atoms with Gasteiger partial charge in [0.25, 0.3) is 0 Å². The van der Waals surface area contributed by atoms with E-state index in [0.717, 1.165) is 44.9 Å². The fraction of sp³-hybridized carbons (Fsp3) is 0.650. The van der Waals surface area contributed by atoms with Crippen LogP contribution in [-0.4, -0.2) is 48.8 Å². The van der Waals surface area contributed by atoms with Crippen molar-refractivity contribution < 1.29 is 14.3 Å². The molecular formula is C20H27NO3. The summed E-state index contributed by atoms with van der Waals surface area (Å²) in [6.07, 6.45) is 6.17. The Morgan fingerprint density at radius 3 is 2.92 bits per heavy atom. The van der Waals surface area contributed by atoms with Gasteiger partial charge in [0, 0.05) is 32.5 Å². The molecule has 2 heterocycles. The first kappa shape index (κ1) is 16.1. The normalized spacial score (nSPS) is 29.5. The van der Waals surface area contributed by atoms with Crippen molar-refractivity contribution in [2.45, 2.75) is 50.2 Å². The van der Waals surface area contributed by atoms with Crippen LogP contribution in [-0.2, 0) is 20.7 Å². The maximum absolute atomic E-state index is 12.5. The van der Waals surface area contributed by atoms with Crippen LogP contribution in [0.25, 0.3) is 0 Å². The lowest BCUT2D eigenvalue weighted by Crippen LogP contribution is -2.36. The molecule has 2 atom stereocenters. The van der Waals surface area contributed by atoms with Gasteiger partial charge in [-0.3, -0.25) is 4.79 Å². The molecule has 4 nitrogen and oxygen atoms in total. The molecule has 4 heteroatoms. The van der Waals surface area contributed by atoms with Gasteiger partial charge in [0.05, 0.1) is 18.3 Å². The molecule has 1 aromatic carbocycles. The van der Waals surface area contributed by atoms with E-state index in [1.807, 2.05) is 23.1 Å². The van der Waals surface area contributed by atoms with Crippen LogP contribution >= 0.6 is 0 Å². The van der Waals surface area contributed by atoms with Crippen molar-refractivity contribution in [2.75, 3.05) is 26.3 Å². The predicted octanol–water partition coefficient (Wildman–Crippen LogP) is 2.81. The van der Waals surface area contributed by atoms with E-state index < -0.39 is 0 Å². The third-order valence-electron chi connectivity index (χ3n) is 5.58. The van der Waals surface area contributed by atoms with Gasteiger partial charge in [-0.25, -0.2) is 0 Å². The Hall–Kier alpha value is -1.39. The van der Waals surface area contributed by atoms with Gasteiger partial charge in [-0.1, -0.05) is 30.3 Å². The lowest BCUT2D eigenvalue weighted by molar-refractivity contribution is -0.131. The number of hydrogen-bond donors (Lipinski definition) is 0. The molecule has 24 heavy (non-hydrogen) atoms. The molecule has 2 saturated heterocycles. The molecule has 1 aromatic rings. The maximum Gasteiger partial charge on any atom is 0.223 e. The monoisotopic (exact) mass is 329 g/mol. The van der Waals surface area contributed by atoms with Crippen molar-refractivity contribution in [3.8, 4) is 0 Å². The minimum absolute atomic E-state index is 0.142. The molecule has 1 amide bonds. The third-order valence-corrected chi connectivity index (χ3v) is 5.58. The van der Waals surface area contributed by atoms with E-state index in [1.165, 1.54) is 18.4 Å². The fourth-order valence-corrected chi connectivity index (χ4v) is 3.86. The van der Waals surface area contributed by atoms with E-state index >= 15 is 0 Å². The summed E-state index contributed by atoms with van der Waals surface area (Å²) in [5, 5.41) is 0. The topological polar surface area (TPSA) is 38.8 Å². The quantitative estimate of drug-likeness (QED) is 0.805. The van der Waals surface area contributed by atoms with E-state index in [4.69, 9.17) is 9.47 Å². The van der Waals surface area contributed by atoms with Crippen LogP contribution in [0.1, 0.15) is 37.7 Å². The Bertz CT molecular complexity index is 572. The Balaban J connectivity index is 1.24. The van der Waals surface area contributed by atoms with Crippen LogP contribution in [0.4, 0.5) is 0 Å². The summed E-state index contributed by atoms with van der Waals surface area (Å²) in [5.41, 5.74) is 1.09. The van der Waals surface area contributed by atoms with Gasteiger partial charge in [0.2, 0.25) is 5.91 Å². The van der Waals surface area contributed by atoms with Crippen LogP contribution in [0, 0.1) is 5.92 Å². The van der Waals surface area contributed by atoms with E-state index in [2.05, 4.69) is 12.1 Å². The summed E-state index contributed by atoms with van der Waals surface area (Å²) in [6, 6.07) is 10.2. The number of carbonyl (C=O) groups excluding carboxylic acids is 1. The second-order valence-electron chi connectivity index (χ2n) is 7.65. The first-order chi connectivity index (χ1) is 11.7. The van der Waals surface area contributed by atoms with Gasteiger partial charge in [0.1, 0.15) is 0 Å². The number of carbonyl (C=O) groups is 1. The van der Waals surface area contributed by atoms with Crippen molar-refractivity contribution >= 4 is 5.91 Å². The molecule has 1 aliphatic carbocycles. The number of ether oxygens (including phenoxy) is 2. The van der Waals surface area contributed by atoms with Gasteiger partial charge in [-0.15, -0.1) is 0 Å². The molecule has 130 valence electrons. The number of benzene rings is 1. The number of hydrogen-bond acceptors (Lipinski definition) is 3. The Labute approximate surface area is 144 Å². The first-order valence-electron chi connectivity index (χ1n) is 9.30. The second-order valence-corrected chi connectivity index (χ2v) is 7.65. The molecule has 0 radical (unpaired) electrons. The molecule has 0 unspecified atom stereocenters. The smallest absolute Gasteiger partial charge is 0.223 e. The zero-order valence-electron chi connectivity index (χ0n) is 14.3. The Morgan fingerprint density at radius 2 is 2.12 bits per heavy atom. The molecule has 3 fully saturated rings. The average molecular weight is 329 g/mol. The van der Waals surface area contributed by atoms with Crippen molar-refractivity contribution in [1.82, 2.24) is 4.90 Å². The van der Waals surface area contributed by atoms with Crippen LogP contribution in [0.2, 0.25) is 0 Å². The highest BCUT2D eigenvalue weighted by atomic mass is 16.6. The Kier molecular flexibility index (Phi) is 4.59. The molecular weight excluding hydrogens is 302 g/mol. The predicted molar refractivity (Wildman–Crippen MR) is 91.7 cm³/mol. The summed E-state index contributed by atoms with van der Waals surface area (Å²) in [5.74, 6) is 1.04. The van der Waals surface area contributed by atoms with E-state index in [9.17, 15) is 4.79 Å². The number of rotatable bonds is 6. The van der Waals surface area contributed by atoms with Gasteiger partial charge in [-0.2, -0.15) is 0 Å². The fourth-order valence-electron chi connectivity index (χ4n) is 3.86. The number of likely N-dealkylation sites (tertiary alicyclic amines) is 1. The highest BCUT2D eigenvalue weighted by Crippen LogP contribution is 2.37. The largest absolute Gasteiger partial charge is 0.375 e. The standard InChI is InChI=1S/C20H27NO3/c22-19(9-8-16-4-2-1-3-5-16)21-11-10-20(15-21)12-18(14-24-20)23-13-17-6-7-17/h1-5,17-18H,6-15H2/t18-,20-/m0/s1. The van der Waals surface area contributed by atoms with Crippen molar-refractivity contribution in [3.63, 3.8) is 0 Å². The summed E-state index contributed by atoms with van der Waals surface area (Å²) >= 11 is 0. The van der Waals surface area contributed by atoms with Crippen LogP contribution in [0.15, 0.2) is 30.3 Å². The average Bonchev–Trinajstić information content (AvgIpc) is 3.23. The summed E-state index contributed by atoms with van der Waals surface area (Å²) < 4.78 is 12.1. The molecule has 3 aliphatic rings.